The van der Waals surface area contributed by atoms with E-state index in [0.717, 1.165) is 0 Å². The topological polar surface area (TPSA) is 46.5 Å². The maximum absolute atomic E-state index is 14.3. The van der Waals surface area contributed by atoms with Crippen LogP contribution in [-0.4, -0.2) is 17.7 Å². The average molecular weight is 785 g/mol. The molecule has 0 aromatic heterocycles. The highest BCUT2D eigenvalue weighted by molar-refractivity contribution is 7.80. The van der Waals surface area contributed by atoms with Gasteiger partial charge in [0.2, 0.25) is 0 Å². The lowest BCUT2D eigenvalue weighted by molar-refractivity contribution is -0.144. The number of carboxylic acid groups (broad SMARTS) is 1. The second kappa shape index (κ2) is 13.8. The monoisotopic (exact) mass is 784 g/mol. The summed E-state index contributed by atoms with van der Waals surface area (Å²) in [4.78, 5) is 11.6. The summed E-state index contributed by atoms with van der Waals surface area (Å²) in [5, 5.41) is 8.87. The first kappa shape index (κ1) is 38.4. The normalized spacial score (nSPS) is 12.8. The van der Waals surface area contributed by atoms with E-state index < -0.39 is 78.1 Å². The van der Waals surface area contributed by atoms with Crippen LogP contribution in [0.4, 0.5) is 52.7 Å². The van der Waals surface area contributed by atoms with E-state index in [-0.39, 0.29) is 64.0 Å². The Morgan fingerprint density at radius 1 is 0.519 bits per heavy atom. The van der Waals surface area contributed by atoms with Gasteiger partial charge in [0.15, 0.2) is 6.61 Å². The Morgan fingerprint density at radius 2 is 0.907 bits per heavy atom. The first-order chi connectivity index (χ1) is 25.1. The minimum atomic E-state index is -5.43. The molecule has 0 aliphatic rings. The summed E-state index contributed by atoms with van der Waals surface area (Å²) in [5.74, 6) is -1.58. The van der Waals surface area contributed by atoms with Crippen LogP contribution in [-0.2, 0) is 29.5 Å². The fourth-order valence-electron chi connectivity index (χ4n) is 6.04. The highest BCUT2D eigenvalue weighted by Gasteiger charge is 2.41. The Labute approximate surface area is 298 Å². The molecule has 0 atom stereocenters. The fraction of sp³-hybridized carbons (Fsp3) is 0.132. The Morgan fingerprint density at radius 3 is 1.31 bits per heavy atom. The van der Waals surface area contributed by atoms with Gasteiger partial charge in [0, 0.05) is 11.1 Å². The predicted octanol–water partition coefficient (Wildman–Crippen LogP) is 11.0. The van der Waals surface area contributed by atoms with Gasteiger partial charge in [-0.2, -0.15) is 52.7 Å². The molecule has 0 saturated carbocycles. The highest BCUT2D eigenvalue weighted by atomic mass is 31.1. The number of fused-ring (bicyclic) bond motifs is 2. The van der Waals surface area contributed by atoms with Crippen molar-refractivity contribution in [3.8, 4) is 16.9 Å². The Bertz CT molecular complexity index is 2260. The summed E-state index contributed by atoms with van der Waals surface area (Å²) in [6, 6.07) is 18.7. The van der Waals surface area contributed by atoms with Crippen LogP contribution in [0.1, 0.15) is 22.3 Å². The lowest BCUT2D eigenvalue weighted by atomic mass is 9.93. The Kier molecular flexibility index (Phi) is 9.85. The van der Waals surface area contributed by atoms with Crippen molar-refractivity contribution in [1.82, 2.24) is 0 Å². The zero-order valence-corrected chi connectivity index (χ0v) is 27.7. The van der Waals surface area contributed by atoms with Crippen LogP contribution < -0.4 is 20.7 Å². The van der Waals surface area contributed by atoms with E-state index in [0.29, 0.717) is 16.2 Å². The second-order valence-electron chi connectivity index (χ2n) is 11.9. The van der Waals surface area contributed by atoms with Crippen LogP contribution >= 0.6 is 7.92 Å². The lowest BCUT2D eigenvalue weighted by Crippen LogP contribution is -2.27. The number of halogens is 12. The SMILES string of the molecule is O=C(O)COc1ccc2ccccc2c1-c1c(P(c2cc(C(F)(F)F)cc(C(F)(F)F)c2)c2cc(C(F)(F)F)cc(C(F)(F)F)c2)ccc2ccccc12. The zero-order chi connectivity index (χ0) is 39.4. The molecule has 54 heavy (non-hydrogen) atoms. The van der Waals surface area contributed by atoms with E-state index >= 15 is 0 Å². The number of alkyl halides is 12. The minimum absolute atomic E-state index is 0.0339. The van der Waals surface area contributed by atoms with Gasteiger partial charge in [0.05, 0.1) is 22.3 Å². The molecule has 3 nitrogen and oxygen atoms in total. The van der Waals surface area contributed by atoms with Crippen molar-refractivity contribution in [2.45, 2.75) is 24.7 Å². The number of ether oxygens (including phenoxy) is 1. The molecule has 0 bridgehead atoms. The van der Waals surface area contributed by atoms with Crippen molar-refractivity contribution in [3.05, 3.63) is 131 Å². The summed E-state index contributed by atoms with van der Waals surface area (Å²) < 4.78 is 177. The first-order valence-electron chi connectivity index (χ1n) is 15.4. The molecule has 16 heteroatoms. The van der Waals surface area contributed by atoms with Gasteiger partial charge in [-0.05, 0) is 87.8 Å². The molecule has 0 unspecified atom stereocenters. The van der Waals surface area contributed by atoms with Gasteiger partial charge in [-0.25, -0.2) is 4.79 Å². The number of hydrogen-bond donors (Lipinski definition) is 1. The minimum Gasteiger partial charge on any atom is -0.481 e. The number of rotatable bonds is 7. The molecule has 1 N–H and O–H groups in total. The molecule has 0 amide bonds. The molecule has 0 radical (unpaired) electrons. The van der Waals surface area contributed by atoms with Gasteiger partial charge in [-0.1, -0.05) is 66.7 Å². The molecule has 6 rings (SSSR count). The van der Waals surface area contributed by atoms with Gasteiger partial charge in [-0.15, -0.1) is 0 Å². The maximum Gasteiger partial charge on any atom is 0.416 e. The molecule has 0 saturated heterocycles. The van der Waals surface area contributed by atoms with Crippen molar-refractivity contribution in [2.24, 2.45) is 0 Å². The van der Waals surface area contributed by atoms with Gasteiger partial charge >= 0.3 is 30.7 Å². The molecular formula is C38H21F12O3P. The molecule has 6 aromatic carbocycles. The lowest BCUT2D eigenvalue weighted by Gasteiger charge is -2.28. The van der Waals surface area contributed by atoms with Crippen LogP contribution in [0.3, 0.4) is 0 Å². The van der Waals surface area contributed by atoms with Gasteiger partial charge in [-0.3, -0.25) is 0 Å². The van der Waals surface area contributed by atoms with E-state index in [1.54, 1.807) is 36.4 Å². The second-order valence-corrected chi connectivity index (χ2v) is 14.1. The molecule has 0 spiro atoms. The summed E-state index contributed by atoms with van der Waals surface area (Å²) in [6.07, 6.45) is -21.7. The summed E-state index contributed by atoms with van der Waals surface area (Å²) in [7, 11) is -3.18. The van der Waals surface area contributed by atoms with Crippen molar-refractivity contribution >= 4 is 51.3 Å². The van der Waals surface area contributed by atoms with E-state index in [9.17, 15) is 62.6 Å². The van der Waals surface area contributed by atoms with Crippen LogP contribution in [0.5, 0.6) is 5.75 Å². The number of aliphatic carboxylic acids is 1. The summed E-state index contributed by atoms with van der Waals surface area (Å²) in [5.41, 5.74) is -7.38. The molecule has 0 fully saturated rings. The number of benzene rings is 6. The third-order valence-electron chi connectivity index (χ3n) is 8.30. The average Bonchev–Trinajstić information content (AvgIpc) is 3.09. The third-order valence-corrected chi connectivity index (χ3v) is 10.7. The van der Waals surface area contributed by atoms with E-state index in [1.165, 1.54) is 36.4 Å². The molecule has 6 aromatic rings. The number of carboxylic acids is 1. The van der Waals surface area contributed by atoms with E-state index in [1.807, 2.05) is 0 Å². The van der Waals surface area contributed by atoms with Crippen molar-refractivity contribution in [2.75, 3.05) is 6.61 Å². The molecular weight excluding hydrogens is 763 g/mol. The number of hydrogen-bond acceptors (Lipinski definition) is 2. The highest BCUT2D eigenvalue weighted by Crippen LogP contribution is 2.48. The molecule has 280 valence electrons. The summed E-state index contributed by atoms with van der Waals surface area (Å²) in [6.45, 7) is -0.925. The predicted molar refractivity (Wildman–Crippen MR) is 179 cm³/mol. The molecule has 0 aliphatic heterocycles. The standard InChI is InChI=1S/C38H21F12O3P/c39-35(40,41)22-13-23(36(42,43)44)16-26(15-22)54(27-17-24(37(45,46)47)14-25(18-27)38(48,49)50)31-12-10-21-6-2-4-8-29(21)34(31)33-28-7-3-1-5-20(28)9-11-30(33)53-19-32(51)52/h1-18H,19H2,(H,51,52). The van der Waals surface area contributed by atoms with Gasteiger partial charge < -0.3 is 9.84 Å². The largest absolute Gasteiger partial charge is 0.481 e. The van der Waals surface area contributed by atoms with Gasteiger partial charge in [0.1, 0.15) is 5.75 Å². The van der Waals surface area contributed by atoms with Crippen LogP contribution in [0.2, 0.25) is 0 Å². The van der Waals surface area contributed by atoms with Crippen molar-refractivity contribution in [1.29, 1.82) is 0 Å². The number of carbonyl (C=O) groups is 1. The summed E-state index contributed by atoms with van der Waals surface area (Å²) >= 11 is 0. The van der Waals surface area contributed by atoms with Gasteiger partial charge in [0.25, 0.3) is 0 Å². The fourth-order valence-corrected chi connectivity index (χ4v) is 8.65. The molecule has 0 heterocycles. The smallest absolute Gasteiger partial charge is 0.416 e. The van der Waals surface area contributed by atoms with Crippen LogP contribution in [0, 0.1) is 0 Å². The Hall–Kier alpha value is -5.30. The van der Waals surface area contributed by atoms with E-state index in [4.69, 9.17) is 4.74 Å². The molecule has 0 aliphatic carbocycles. The Balaban J connectivity index is 1.84. The first-order valence-corrected chi connectivity index (χ1v) is 16.7. The van der Waals surface area contributed by atoms with Crippen LogP contribution in [0.25, 0.3) is 32.7 Å². The van der Waals surface area contributed by atoms with Crippen molar-refractivity contribution in [3.63, 3.8) is 0 Å². The zero-order valence-electron chi connectivity index (χ0n) is 26.8. The third kappa shape index (κ3) is 7.82. The van der Waals surface area contributed by atoms with Crippen LogP contribution in [0.15, 0.2) is 109 Å². The van der Waals surface area contributed by atoms with Crippen molar-refractivity contribution < 1.29 is 67.3 Å². The quantitative estimate of drug-likeness (QED) is 0.130. The van der Waals surface area contributed by atoms with E-state index in [2.05, 4.69) is 0 Å². The maximum atomic E-state index is 14.3.